The van der Waals surface area contributed by atoms with E-state index >= 15 is 0 Å². The lowest BCUT2D eigenvalue weighted by atomic mass is 10.2. The van der Waals surface area contributed by atoms with Gasteiger partial charge in [-0.1, -0.05) is 30.3 Å². The molecule has 0 saturated heterocycles. The Kier molecular flexibility index (Phi) is 4.77. The molecule has 0 aliphatic heterocycles. The number of hydrazine groups is 1. The van der Waals surface area contributed by atoms with Crippen LogP contribution in [0.4, 0.5) is 0 Å². The smallest absolute Gasteiger partial charge is 0.266 e. The van der Waals surface area contributed by atoms with Crippen LogP contribution >= 0.6 is 11.3 Å². The third-order valence-corrected chi connectivity index (χ3v) is 5.34. The first-order valence-corrected chi connectivity index (χ1v) is 9.58. The zero-order chi connectivity index (χ0) is 20.5. The molecule has 29 heavy (non-hydrogen) atoms. The number of nitrogens with zero attached hydrogens (tertiary/aromatic N) is 5. The summed E-state index contributed by atoms with van der Waals surface area (Å²) >= 11 is 1.26. The Bertz CT molecular complexity index is 1230. The predicted molar refractivity (Wildman–Crippen MR) is 107 cm³/mol. The molecular formula is C19H17N7O2S. The van der Waals surface area contributed by atoms with E-state index in [1.54, 1.807) is 6.92 Å². The van der Waals surface area contributed by atoms with Gasteiger partial charge in [0.05, 0.1) is 5.69 Å². The third kappa shape index (κ3) is 3.69. The number of amides is 2. The summed E-state index contributed by atoms with van der Waals surface area (Å²) in [6, 6.07) is 11.4. The molecule has 3 aromatic heterocycles. The number of carbonyl (C=O) groups excluding carboxylic acids is 2. The summed E-state index contributed by atoms with van der Waals surface area (Å²) in [5.41, 5.74) is 7.83. The maximum absolute atomic E-state index is 12.5. The molecule has 4 aromatic rings. The van der Waals surface area contributed by atoms with Gasteiger partial charge in [-0.05, 0) is 26.8 Å². The molecular weight excluding hydrogens is 390 g/mol. The van der Waals surface area contributed by atoms with Crippen LogP contribution in [0, 0.1) is 20.8 Å². The largest absolute Gasteiger partial charge is 0.309 e. The Hall–Kier alpha value is -3.66. The maximum Gasteiger partial charge on any atom is 0.309 e. The lowest BCUT2D eigenvalue weighted by Crippen LogP contribution is -2.42. The Morgan fingerprint density at radius 2 is 1.69 bits per heavy atom. The van der Waals surface area contributed by atoms with Gasteiger partial charge in [0.15, 0.2) is 0 Å². The Morgan fingerprint density at radius 3 is 2.45 bits per heavy atom. The normalized spacial score (nSPS) is 10.9. The fourth-order valence-corrected chi connectivity index (χ4v) is 3.77. The summed E-state index contributed by atoms with van der Waals surface area (Å²) in [5.74, 6) is -0.849. The van der Waals surface area contributed by atoms with Gasteiger partial charge in [0.25, 0.3) is 11.7 Å². The highest BCUT2D eigenvalue weighted by Gasteiger charge is 2.19. The van der Waals surface area contributed by atoms with Crippen molar-refractivity contribution in [3.05, 3.63) is 64.2 Å². The molecule has 1 aromatic carbocycles. The number of hydrogen-bond acceptors (Lipinski definition) is 7. The quantitative estimate of drug-likeness (QED) is 0.504. The lowest BCUT2D eigenvalue weighted by molar-refractivity contribution is 0.0842. The second-order valence-corrected chi connectivity index (χ2v) is 7.39. The molecule has 2 amide bonds. The average molecular weight is 407 g/mol. The van der Waals surface area contributed by atoms with Crippen LogP contribution in [0.5, 0.6) is 0 Å². The number of benzene rings is 1. The number of carbonyl (C=O) groups is 2. The van der Waals surface area contributed by atoms with Gasteiger partial charge in [-0.3, -0.25) is 20.4 Å². The summed E-state index contributed by atoms with van der Waals surface area (Å²) in [7, 11) is 0. The molecule has 2 N–H and O–H groups in total. The molecule has 0 fully saturated rings. The van der Waals surface area contributed by atoms with E-state index in [4.69, 9.17) is 0 Å². The number of nitrogens with one attached hydrogen (secondary N) is 2. The molecule has 0 spiro atoms. The number of aryl methyl sites for hydroxylation is 3. The van der Waals surface area contributed by atoms with Crippen LogP contribution in [0.3, 0.4) is 0 Å². The van der Waals surface area contributed by atoms with Crippen molar-refractivity contribution in [3.63, 3.8) is 0 Å². The summed E-state index contributed by atoms with van der Waals surface area (Å²) in [6.45, 7) is 5.43. The van der Waals surface area contributed by atoms with Crippen molar-refractivity contribution in [3.8, 4) is 10.6 Å². The first-order valence-electron chi connectivity index (χ1n) is 8.77. The zero-order valence-corrected chi connectivity index (χ0v) is 16.7. The molecule has 0 saturated carbocycles. The molecule has 10 heteroatoms. The SMILES string of the molecule is Cc1cc(C)n2nc(C(=O)NNC(=O)c3sc(-c4ccccc4)nc3C)nc2n1. The predicted octanol–water partition coefficient (Wildman–Crippen LogP) is 2.25. The van der Waals surface area contributed by atoms with Gasteiger partial charge >= 0.3 is 5.91 Å². The molecule has 0 bridgehead atoms. The minimum Gasteiger partial charge on any atom is -0.266 e. The van der Waals surface area contributed by atoms with Crippen LogP contribution in [0.2, 0.25) is 0 Å². The van der Waals surface area contributed by atoms with E-state index in [0.29, 0.717) is 16.3 Å². The van der Waals surface area contributed by atoms with E-state index in [1.807, 2.05) is 50.2 Å². The van der Waals surface area contributed by atoms with Crippen molar-refractivity contribution < 1.29 is 9.59 Å². The van der Waals surface area contributed by atoms with E-state index in [2.05, 4.69) is 30.9 Å². The van der Waals surface area contributed by atoms with Crippen LogP contribution in [-0.2, 0) is 0 Å². The number of hydrogen-bond donors (Lipinski definition) is 2. The molecule has 4 rings (SSSR count). The maximum atomic E-state index is 12.5. The number of thiazole rings is 1. The van der Waals surface area contributed by atoms with Crippen molar-refractivity contribution >= 4 is 28.9 Å². The molecule has 0 radical (unpaired) electrons. The summed E-state index contributed by atoms with van der Waals surface area (Å²) in [4.78, 5) is 38.1. The van der Waals surface area contributed by atoms with Gasteiger partial charge in [0.1, 0.15) is 9.88 Å². The van der Waals surface area contributed by atoms with Gasteiger partial charge in [-0.25, -0.2) is 14.5 Å². The molecule has 0 aliphatic rings. The van der Waals surface area contributed by atoms with Crippen LogP contribution in [0.1, 0.15) is 37.4 Å². The summed E-state index contributed by atoms with van der Waals surface area (Å²) < 4.78 is 1.48. The topological polar surface area (TPSA) is 114 Å². The van der Waals surface area contributed by atoms with Crippen molar-refractivity contribution in [2.24, 2.45) is 0 Å². The Labute approximate surface area is 169 Å². The molecule has 0 aliphatic carbocycles. The number of rotatable bonds is 3. The van der Waals surface area contributed by atoms with E-state index in [-0.39, 0.29) is 5.82 Å². The number of aromatic nitrogens is 5. The average Bonchev–Trinajstić information content (AvgIpc) is 3.30. The summed E-state index contributed by atoms with van der Waals surface area (Å²) in [6.07, 6.45) is 0. The van der Waals surface area contributed by atoms with E-state index in [9.17, 15) is 9.59 Å². The van der Waals surface area contributed by atoms with Crippen molar-refractivity contribution in [1.82, 2.24) is 35.4 Å². The fourth-order valence-electron chi connectivity index (χ4n) is 2.80. The minimum atomic E-state index is -0.633. The summed E-state index contributed by atoms with van der Waals surface area (Å²) in [5, 5.41) is 4.87. The Balaban J connectivity index is 1.48. The van der Waals surface area contributed by atoms with Crippen LogP contribution in [0.25, 0.3) is 16.3 Å². The molecule has 0 unspecified atom stereocenters. The zero-order valence-electron chi connectivity index (χ0n) is 15.9. The first-order chi connectivity index (χ1) is 13.9. The highest BCUT2D eigenvalue weighted by Crippen LogP contribution is 2.27. The van der Waals surface area contributed by atoms with Gasteiger partial charge < -0.3 is 0 Å². The molecule has 9 nitrogen and oxygen atoms in total. The van der Waals surface area contributed by atoms with Crippen LogP contribution in [-0.4, -0.2) is 36.4 Å². The van der Waals surface area contributed by atoms with Crippen molar-refractivity contribution in [2.75, 3.05) is 0 Å². The minimum absolute atomic E-state index is 0.0856. The van der Waals surface area contributed by atoms with Gasteiger partial charge in [-0.15, -0.1) is 16.4 Å². The van der Waals surface area contributed by atoms with Crippen LogP contribution in [0.15, 0.2) is 36.4 Å². The van der Waals surface area contributed by atoms with E-state index in [0.717, 1.165) is 22.0 Å². The monoisotopic (exact) mass is 407 g/mol. The van der Waals surface area contributed by atoms with Gasteiger partial charge in [0.2, 0.25) is 5.82 Å². The Morgan fingerprint density at radius 1 is 0.966 bits per heavy atom. The van der Waals surface area contributed by atoms with E-state index in [1.165, 1.54) is 15.9 Å². The second-order valence-electron chi connectivity index (χ2n) is 6.39. The molecule has 3 heterocycles. The standard InChI is InChI=1S/C19H17N7O2S/c1-10-9-11(2)26-19(20-10)22-15(25-26)17(28)24-23-16(27)14-12(3)21-18(29-14)13-7-5-4-6-8-13/h4-9H,1-3H3,(H,23,27)(H,24,28). The van der Waals surface area contributed by atoms with E-state index < -0.39 is 11.8 Å². The highest BCUT2D eigenvalue weighted by atomic mass is 32.1. The highest BCUT2D eigenvalue weighted by molar-refractivity contribution is 7.17. The lowest BCUT2D eigenvalue weighted by Gasteiger charge is -2.03. The van der Waals surface area contributed by atoms with Gasteiger partial charge in [-0.2, -0.15) is 4.98 Å². The second kappa shape index (κ2) is 7.40. The van der Waals surface area contributed by atoms with Gasteiger partial charge in [0, 0.05) is 17.0 Å². The molecule has 146 valence electrons. The first kappa shape index (κ1) is 18.7. The third-order valence-electron chi connectivity index (χ3n) is 4.13. The number of fused-ring (bicyclic) bond motifs is 1. The molecule has 0 atom stereocenters. The fraction of sp³-hybridized carbons (Fsp3) is 0.158. The van der Waals surface area contributed by atoms with Crippen LogP contribution < -0.4 is 10.9 Å². The van der Waals surface area contributed by atoms with Crippen molar-refractivity contribution in [2.45, 2.75) is 20.8 Å². The van der Waals surface area contributed by atoms with Crippen molar-refractivity contribution in [1.29, 1.82) is 0 Å².